The second kappa shape index (κ2) is 10.1. The van der Waals surface area contributed by atoms with Crippen molar-refractivity contribution in [1.82, 2.24) is 5.32 Å². The molecule has 1 amide bonds. The number of carbonyl (C=O) groups is 3. The van der Waals surface area contributed by atoms with Crippen LogP contribution in [-0.4, -0.2) is 42.0 Å². The van der Waals surface area contributed by atoms with Gasteiger partial charge in [0.05, 0.1) is 13.7 Å². The van der Waals surface area contributed by atoms with Crippen LogP contribution in [0.15, 0.2) is 18.2 Å². The molecule has 1 aliphatic carbocycles. The molecule has 0 saturated heterocycles. The van der Waals surface area contributed by atoms with Gasteiger partial charge in [-0.3, -0.25) is 9.59 Å². The molecule has 1 aromatic rings. The van der Waals surface area contributed by atoms with E-state index in [4.69, 9.17) is 9.47 Å². The average Bonchev–Trinajstić information content (AvgIpc) is 2.91. The molecule has 0 radical (unpaired) electrons. The molecule has 1 aromatic carbocycles. The summed E-state index contributed by atoms with van der Waals surface area (Å²) >= 11 is 0. The lowest BCUT2D eigenvalue weighted by Gasteiger charge is -2.29. The molecule has 7 heteroatoms. The number of hydrogen-bond donors (Lipinski definition) is 2. The van der Waals surface area contributed by atoms with Crippen LogP contribution in [0.4, 0.5) is 0 Å². The number of ketones is 1. The zero-order chi connectivity index (χ0) is 20.6. The number of amides is 1. The lowest BCUT2D eigenvalue weighted by atomic mass is 9.90. The van der Waals surface area contributed by atoms with Gasteiger partial charge in [-0.15, -0.1) is 0 Å². The molecule has 28 heavy (non-hydrogen) atoms. The zero-order valence-electron chi connectivity index (χ0n) is 16.6. The van der Waals surface area contributed by atoms with E-state index >= 15 is 0 Å². The monoisotopic (exact) mass is 391 g/mol. The molecular formula is C21H29NO6. The van der Waals surface area contributed by atoms with Crippen molar-refractivity contribution < 1.29 is 29.0 Å². The van der Waals surface area contributed by atoms with Gasteiger partial charge in [-0.1, -0.05) is 25.7 Å². The van der Waals surface area contributed by atoms with Crippen LogP contribution in [0.25, 0.3) is 0 Å². The minimum atomic E-state index is -1.14. The number of nitrogens with one attached hydrogen (secondary N) is 1. The van der Waals surface area contributed by atoms with Crippen molar-refractivity contribution in [2.75, 3.05) is 13.7 Å². The Morgan fingerprint density at radius 3 is 2.36 bits per heavy atom. The van der Waals surface area contributed by atoms with Crippen LogP contribution in [0.2, 0.25) is 0 Å². The Kier molecular flexibility index (Phi) is 7.84. The summed E-state index contributed by atoms with van der Waals surface area (Å²) in [6.45, 7) is 1.76. The first-order valence-electron chi connectivity index (χ1n) is 9.74. The molecule has 0 unspecified atom stereocenters. The second-order valence-corrected chi connectivity index (χ2v) is 7.22. The zero-order valence-corrected chi connectivity index (χ0v) is 16.6. The smallest absolute Gasteiger partial charge is 0.329 e. The van der Waals surface area contributed by atoms with E-state index in [1.54, 1.807) is 18.2 Å². The molecule has 0 atom stereocenters. The number of ether oxygens (including phenoxy) is 2. The molecule has 0 aliphatic heterocycles. The SMILES string of the molecule is COc1cc(C(C)=O)ccc1OCCCC(=O)NC1(C(=O)O)CCCCCC1. The molecule has 2 rings (SSSR count). The number of hydrogen-bond acceptors (Lipinski definition) is 5. The number of rotatable bonds is 9. The van der Waals surface area contributed by atoms with Gasteiger partial charge in [0.2, 0.25) is 5.91 Å². The maximum atomic E-state index is 12.3. The summed E-state index contributed by atoms with van der Waals surface area (Å²) in [6, 6.07) is 4.95. The van der Waals surface area contributed by atoms with E-state index in [1.165, 1.54) is 14.0 Å². The van der Waals surface area contributed by atoms with Crippen LogP contribution in [-0.2, 0) is 9.59 Å². The molecule has 1 fully saturated rings. The van der Waals surface area contributed by atoms with E-state index < -0.39 is 11.5 Å². The minimum absolute atomic E-state index is 0.0626. The number of methoxy groups -OCH3 is 1. The van der Waals surface area contributed by atoms with Crippen LogP contribution in [0.5, 0.6) is 11.5 Å². The predicted octanol–water partition coefficient (Wildman–Crippen LogP) is 3.35. The number of carboxylic acids is 1. The van der Waals surface area contributed by atoms with Crippen LogP contribution in [0.1, 0.15) is 68.6 Å². The Bertz CT molecular complexity index is 707. The fraction of sp³-hybridized carbons (Fsp3) is 0.571. The minimum Gasteiger partial charge on any atom is -0.493 e. The van der Waals surface area contributed by atoms with E-state index in [-0.39, 0.29) is 24.7 Å². The third-order valence-corrected chi connectivity index (χ3v) is 5.12. The van der Waals surface area contributed by atoms with Gasteiger partial charge in [-0.2, -0.15) is 0 Å². The molecule has 1 aliphatic rings. The van der Waals surface area contributed by atoms with Crippen LogP contribution in [0.3, 0.4) is 0 Å². The largest absolute Gasteiger partial charge is 0.493 e. The Labute approximate surface area is 165 Å². The lowest BCUT2D eigenvalue weighted by molar-refractivity contribution is -0.148. The van der Waals surface area contributed by atoms with Crippen molar-refractivity contribution in [3.8, 4) is 11.5 Å². The fourth-order valence-corrected chi connectivity index (χ4v) is 3.47. The topological polar surface area (TPSA) is 102 Å². The highest BCUT2D eigenvalue weighted by atomic mass is 16.5. The van der Waals surface area contributed by atoms with Gasteiger partial charge in [0.25, 0.3) is 0 Å². The highest BCUT2D eigenvalue weighted by Gasteiger charge is 2.39. The number of carboxylic acid groups (broad SMARTS) is 1. The highest BCUT2D eigenvalue weighted by molar-refractivity contribution is 5.94. The maximum Gasteiger partial charge on any atom is 0.329 e. The molecule has 2 N–H and O–H groups in total. The van der Waals surface area contributed by atoms with E-state index in [0.717, 1.165) is 25.7 Å². The van der Waals surface area contributed by atoms with E-state index in [2.05, 4.69) is 5.32 Å². The molecule has 154 valence electrons. The van der Waals surface area contributed by atoms with Gasteiger partial charge in [0.15, 0.2) is 17.3 Å². The Morgan fingerprint density at radius 2 is 1.79 bits per heavy atom. The predicted molar refractivity (Wildman–Crippen MR) is 104 cm³/mol. The van der Waals surface area contributed by atoms with Crippen LogP contribution in [0, 0.1) is 0 Å². The first kappa shape index (κ1) is 21.7. The van der Waals surface area contributed by atoms with E-state index in [1.807, 2.05) is 0 Å². The van der Waals surface area contributed by atoms with Crippen molar-refractivity contribution in [2.24, 2.45) is 0 Å². The standard InChI is InChI=1S/C21H29NO6/c1-15(23)16-9-10-17(18(14-16)27-2)28-13-7-8-19(24)22-21(20(25)26)11-5-3-4-6-12-21/h9-10,14H,3-8,11-13H2,1-2H3,(H,22,24)(H,25,26). The highest BCUT2D eigenvalue weighted by Crippen LogP contribution is 2.29. The lowest BCUT2D eigenvalue weighted by Crippen LogP contribution is -2.54. The number of benzene rings is 1. The molecule has 7 nitrogen and oxygen atoms in total. The van der Waals surface area contributed by atoms with E-state index in [9.17, 15) is 19.5 Å². The molecule has 0 heterocycles. The van der Waals surface area contributed by atoms with Crippen molar-refractivity contribution in [3.63, 3.8) is 0 Å². The summed E-state index contributed by atoms with van der Waals surface area (Å²) in [5.41, 5.74) is -0.605. The van der Waals surface area contributed by atoms with Gasteiger partial charge < -0.3 is 19.9 Å². The summed E-state index contributed by atoms with van der Waals surface area (Å²) in [5, 5.41) is 12.4. The Hall–Kier alpha value is -2.57. The number of Topliss-reactive ketones (excluding diaryl/α,β-unsaturated/α-hetero) is 1. The summed E-state index contributed by atoms with van der Waals surface area (Å²) < 4.78 is 10.9. The molecule has 1 saturated carbocycles. The maximum absolute atomic E-state index is 12.3. The van der Waals surface area contributed by atoms with Gasteiger partial charge in [-0.05, 0) is 44.4 Å². The van der Waals surface area contributed by atoms with Crippen molar-refractivity contribution >= 4 is 17.7 Å². The first-order chi connectivity index (χ1) is 13.4. The van der Waals surface area contributed by atoms with Crippen molar-refractivity contribution in [2.45, 2.75) is 63.8 Å². The third-order valence-electron chi connectivity index (χ3n) is 5.12. The van der Waals surface area contributed by atoms with Gasteiger partial charge in [0.1, 0.15) is 5.54 Å². The normalized spacial score (nSPS) is 15.9. The molecular weight excluding hydrogens is 362 g/mol. The quantitative estimate of drug-likeness (QED) is 0.380. The van der Waals surface area contributed by atoms with Crippen molar-refractivity contribution in [3.05, 3.63) is 23.8 Å². The van der Waals surface area contributed by atoms with Crippen molar-refractivity contribution in [1.29, 1.82) is 0 Å². The van der Waals surface area contributed by atoms with Crippen LogP contribution >= 0.6 is 0 Å². The van der Waals surface area contributed by atoms with Gasteiger partial charge >= 0.3 is 5.97 Å². The first-order valence-corrected chi connectivity index (χ1v) is 9.74. The molecule has 0 bridgehead atoms. The Balaban J connectivity index is 1.85. The summed E-state index contributed by atoms with van der Waals surface area (Å²) in [4.78, 5) is 35.5. The summed E-state index contributed by atoms with van der Waals surface area (Å²) in [7, 11) is 1.50. The third kappa shape index (κ3) is 5.71. The fourth-order valence-electron chi connectivity index (χ4n) is 3.47. The molecule has 0 spiro atoms. The number of carbonyl (C=O) groups excluding carboxylic acids is 2. The second-order valence-electron chi connectivity index (χ2n) is 7.22. The van der Waals surface area contributed by atoms with E-state index in [0.29, 0.717) is 36.3 Å². The summed E-state index contributed by atoms with van der Waals surface area (Å²) in [5.74, 6) is -0.326. The van der Waals surface area contributed by atoms with Gasteiger partial charge in [-0.25, -0.2) is 4.79 Å². The number of aliphatic carboxylic acids is 1. The van der Waals surface area contributed by atoms with Gasteiger partial charge in [0, 0.05) is 12.0 Å². The van der Waals surface area contributed by atoms with Crippen LogP contribution < -0.4 is 14.8 Å². The average molecular weight is 391 g/mol. The molecule has 0 aromatic heterocycles. The Morgan fingerprint density at radius 1 is 1.11 bits per heavy atom. The summed E-state index contributed by atoms with van der Waals surface area (Å²) in [6.07, 6.45) is 5.21.